The van der Waals surface area contributed by atoms with E-state index in [1.54, 1.807) is 22.4 Å². The van der Waals surface area contributed by atoms with Crippen LogP contribution >= 0.6 is 11.3 Å². The van der Waals surface area contributed by atoms with E-state index in [0.29, 0.717) is 31.9 Å². The molecule has 6 nitrogen and oxygen atoms in total. The van der Waals surface area contributed by atoms with Gasteiger partial charge in [-0.05, 0) is 6.92 Å². The predicted octanol–water partition coefficient (Wildman–Crippen LogP) is 3.88. The third-order valence-corrected chi connectivity index (χ3v) is 5.78. The zero-order valence-electron chi connectivity index (χ0n) is 16.6. The molecule has 1 amide bonds. The molecule has 1 fully saturated rings. The summed E-state index contributed by atoms with van der Waals surface area (Å²) >= 11 is 1.37. The van der Waals surface area contributed by atoms with Crippen molar-refractivity contribution in [1.82, 2.24) is 9.88 Å². The van der Waals surface area contributed by atoms with Crippen molar-refractivity contribution in [3.05, 3.63) is 76.8 Å². The number of aromatic nitrogens is 1. The Labute approximate surface area is 179 Å². The van der Waals surface area contributed by atoms with Gasteiger partial charge in [0.25, 0.3) is 5.91 Å². The first-order chi connectivity index (χ1) is 14.6. The van der Waals surface area contributed by atoms with Gasteiger partial charge >= 0.3 is 5.97 Å². The molecule has 7 heteroatoms. The SMILES string of the molecule is Cc1ccc(-c2nc(C(=O)O[C@@H](C(=O)N3CCOCC3)c3ccccc3)cs2)cc1. The molecule has 154 valence electrons. The minimum absolute atomic E-state index is 0.200. The molecular formula is C23H22N2O4S. The number of ether oxygens (including phenoxy) is 2. The van der Waals surface area contributed by atoms with Gasteiger partial charge in [0.2, 0.25) is 6.10 Å². The number of carbonyl (C=O) groups is 2. The Bertz CT molecular complexity index is 1010. The average molecular weight is 423 g/mol. The number of esters is 1. The number of carbonyl (C=O) groups excluding carboxylic acids is 2. The normalized spacial score (nSPS) is 14.9. The molecule has 30 heavy (non-hydrogen) atoms. The van der Waals surface area contributed by atoms with Crippen LogP contribution in [0.3, 0.4) is 0 Å². The van der Waals surface area contributed by atoms with Crippen molar-refractivity contribution >= 4 is 23.2 Å². The first-order valence-corrected chi connectivity index (χ1v) is 10.6. The Morgan fingerprint density at radius 2 is 1.77 bits per heavy atom. The van der Waals surface area contributed by atoms with E-state index in [-0.39, 0.29) is 11.6 Å². The van der Waals surface area contributed by atoms with Crippen molar-refractivity contribution < 1.29 is 19.1 Å². The van der Waals surface area contributed by atoms with Crippen LogP contribution in [-0.4, -0.2) is 48.1 Å². The van der Waals surface area contributed by atoms with Crippen LogP contribution in [0.4, 0.5) is 0 Å². The van der Waals surface area contributed by atoms with E-state index < -0.39 is 12.1 Å². The van der Waals surface area contributed by atoms with Crippen LogP contribution in [0, 0.1) is 6.92 Å². The molecular weight excluding hydrogens is 400 g/mol. The first kappa shape index (κ1) is 20.3. The summed E-state index contributed by atoms with van der Waals surface area (Å²) in [5.74, 6) is -0.855. The van der Waals surface area contributed by atoms with Gasteiger partial charge < -0.3 is 14.4 Å². The van der Waals surface area contributed by atoms with Crippen LogP contribution in [0.25, 0.3) is 10.6 Å². The van der Waals surface area contributed by atoms with Crippen LogP contribution in [0.15, 0.2) is 60.0 Å². The number of amides is 1. The third kappa shape index (κ3) is 4.58. The number of nitrogens with zero attached hydrogens (tertiary/aromatic N) is 2. The number of hydrogen-bond acceptors (Lipinski definition) is 6. The molecule has 1 aromatic heterocycles. The monoisotopic (exact) mass is 422 g/mol. The molecule has 0 bridgehead atoms. The fourth-order valence-electron chi connectivity index (χ4n) is 3.20. The summed E-state index contributed by atoms with van der Waals surface area (Å²) in [5.41, 5.74) is 2.93. The molecule has 0 N–H and O–H groups in total. The summed E-state index contributed by atoms with van der Waals surface area (Å²) in [7, 11) is 0. The molecule has 4 rings (SSSR count). The van der Waals surface area contributed by atoms with E-state index in [1.165, 1.54) is 11.3 Å². The summed E-state index contributed by atoms with van der Waals surface area (Å²) in [6.45, 7) is 3.94. The molecule has 0 aliphatic carbocycles. The van der Waals surface area contributed by atoms with E-state index in [4.69, 9.17) is 9.47 Å². The van der Waals surface area contributed by atoms with Gasteiger partial charge in [0.15, 0.2) is 5.69 Å². The molecule has 1 aliphatic heterocycles. The van der Waals surface area contributed by atoms with Crippen molar-refractivity contribution in [2.24, 2.45) is 0 Å². The molecule has 2 aromatic carbocycles. The van der Waals surface area contributed by atoms with Gasteiger partial charge in [-0.1, -0.05) is 60.2 Å². The van der Waals surface area contributed by atoms with Crippen molar-refractivity contribution in [3.63, 3.8) is 0 Å². The lowest BCUT2D eigenvalue weighted by Crippen LogP contribution is -2.44. The number of rotatable bonds is 5. The topological polar surface area (TPSA) is 68.7 Å². The fourth-order valence-corrected chi connectivity index (χ4v) is 4.00. The van der Waals surface area contributed by atoms with Gasteiger partial charge in [-0.2, -0.15) is 0 Å². The van der Waals surface area contributed by atoms with Crippen LogP contribution in [0.2, 0.25) is 0 Å². The Hall–Kier alpha value is -3.03. The predicted molar refractivity (Wildman–Crippen MR) is 114 cm³/mol. The van der Waals surface area contributed by atoms with Crippen molar-refractivity contribution in [2.45, 2.75) is 13.0 Å². The van der Waals surface area contributed by atoms with Gasteiger partial charge in [-0.3, -0.25) is 4.79 Å². The number of morpholine rings is 1. The second-order valence-electron chi connectivity index (χ2n) is 7.04. The Morgan fingerprint density at radius 3 is 2.47 bits per heavy atom. The lowest BCUT2D eigenvalue weighted by Gasteiger charge is -2.30. The second kappa shape index (κ2) is 9.19. The lowest BCUT2D eigenvalue weighted by atomic mass is 10.1. The molecule has 0 spiro atoms. The number of thiazole rings is 1. The highest BCUT2D eigenvalue weighted by molar-refractivity contribution is 7.13. The minimum Gasteiger partial charge on any atom is -0.443 e. The van der Waals surface area contributed by atoms with Gasteiger partial charge in [0.05, 0.1) is 13.2 Å². The third-order valence-electron chi connectivity index (χ3n) is 4.89. The molecule has 2 heterocycles. The van der Waals surface area contributed by atoms with Crippen molar-refractivity contribution in [3.8, 4) is 10.6 Å². The molecule has 1 saturated heterocycles. The summed E-state index contributed by atoms with van der Waals surface area (Å²) in [6, 6.07) is 17.0. The van der Waals surface area contributed by atoms with E-state index in [2.05, 4.69) is 4.98 Å². The first-order valence-electron chi connectivity index (χ1n) is 9.77. The number of hydrogen-bond donors (Lipinski definition) is 0. The maximum Gasteiger partial charge on any atom is 0.358 e. The zero-order valence-corrected chi connectivity index (χ0v) is 17.4. The van der Waals surface area contributed by atoms with Gasteiger partial charge in [-0.25, -0.2) is 9.78 Å². The molecule has 0 radical (unpaired) electrons. The fraction of sp³-hybridized carbons (Fsp3) is 0.261. The maximum absolute atomic E-state index is 13.1. The number of aryl methyl sites for hydroxylation is 1. The number of benzene rings is 2. The smallest absolute Gasteiger partial charge is 0.358 e. The van der Waals surface area contributed by atoms with Crippen molar-refractivity contribution in [1.29, 1.82) is 0 Å². The molecule has 3 aromatic rings. The highest BCUT2D eigenvalue weighted by Crippen LogP contribution is 2.27. The largest absolute Gasteiger partial charge is 0.443 e. The Balaban J connectivity index is 1.54. The summed E-state index contributed by atoms with van der Waals surface area (Å²) < 4.78 is 11.0. The zero-order chi connectivity index (χ0) is 20.9. The van der Waals surface area contributed by atoms with E-state index in [0.717, 1.165) is 16.1 Å². The van der Waals surface area contributed by atoms with Crippen LogP contribution in [0.1, 0.15) is 27.7 Å². The van der Waals surface area contributed by atoms with Crippen LogP contribution in [0.5, 0.6) is 0 Å². The summed E-state index contributed by atoms with van der Waals surface area (Å²) in [4.78, 5) is 32.0. The maximum atomic E-state index is 13.1. The highest BCUT2D eigenvalue weighted by atomic mass is 32.1. The van der Waals surface area contributed by atoms with Gasteiger partial charge in [0, 0.05) is 29.6 Å². The van der Waals surface area contributed by atoms with Gasteiger partial charge in [-0.15, -0.1) is 11.3 Å². The van der Waals surface area contributed by atoms with E-state index in [9.17, 15) is 9.59 Å². The lowest BCUT2D eigenvalue weighted by molar-refractivity contribution is -0.145. The van der Waals surface area contributed by atoms with E-state index >= 15 is 0 Å². The quantitative estimate of drug-likeness (QED) is 0.584. The van der Waals surface area contributed by atoms with E-state index in [1.807, 2.05) is 49.4 Å². The molecule has 0 saturated carbocycles. The summed E-state index contributed by atoms with van der Waals surface area (Å²) in [5, 5.41) is 2.40. The standard InChI is InChI=1S/C23H22N2O4S/c1-16-7-9-18(10-8-16)21-24-19(15-30-21)23(27)29-20(17-5-3-2-4-6-17)22(26)25-11-13-28-14-12-25/h2-10,15,20H,11-14H2,1H3/t20-/m1/s1. The molecule has 1 aliphatic rings. The highest BCUT2D eigenvalue weighted by Gasteiger charge is 2.31. The minimum atomic E-state index is -1.01. The molecule has 1 atom stereocenters. The molecule has 0 unspecified atom stereocenters. The van der Waals surface area contributed by atoms with Gasteiger partial charge in [0.1, 0.15) is 5.01 Å². The van der Waals surface area contributed by atoms with Crippen LogP contribution in [-0.2, 0) is 14.3 Å². The summed E-state index contributed by atoms with van der Waals surface area (Å²) in [6.07, 6.45) is -1.01. The van der Waals surface area contributed by atoms with Crippen LogP contribution < -0.4 is 0 Å². The Morgan fingerprint density at radius 1 is 1.07 bits per heavy atom. The second-order valence-corrected chi connectivity index (χ2v) is 7.90. The Kier molecular flexibility index (Phi) is 6.21. The van der Waals surface area contributed by atoms with Crippen molar-refractivity contribution in [2.75, 3.05) is 26.3 Å². The average Bonchev–Trinajstić information content (AvgIpc) is 3.29.